The summed E-state index contributed by atoms with van der Waals surface area (Å²) in [4.78, 5) is 26.6. The van der Waals surface area contributed by atoms with Crippen LogP contribution in [-0.4, -0.2) is 38.1 Å². The maximum Gasteiger partial charge on any atom is 0.291 e. The Balaban J connectivity index is 2.11. The van der Waals surface area contributed by atoms with Crippen molar-refractivity contribution < 1.29 is 9.21 Å². The van der Waals surface area contributed by atoms with Gasteiger partial charge in [-0.15, -0.1) is 0 Å². The zero-order chi connectivity index (χ0) is 16.7. The molecule has 0 saturated carbocycles. The van der Waals surface area contributed by atoms with E-state index in [0.717, 1.165) is 11.3 Å². The van der Waals surface area contributed by atoms with Gasteiger partial charge in [0.05, 0.1) is 5.52 Å². The molecular weight excluding hydrogens is 296 g/mol. The van der Waals surface area contributed by atoms with Crippen LogP contribution in [0.25, 0.3) is 16.6 Å². The number of aryl methyl sites for hydroxylation is 2. The first-order valence-corrected chi connectivity index (χ1v) is 7.73. The third-order valence-electron chi connectivity index (χ3n) is 4.06. The first kappa shape index (κ1) is 15.3. The zero-order valence-corrected chi connectivity index (χ0v) is 13.8. The third kappa shape index (κ3) is 2.42. The van der Waals surface area contributed by atoms with Gasteiger partial charge in [-0.05, 0) is 27.7 Å². The third-order valence-corrected chi connectivity index (χ3v) is 4.06. The number of fused-ring (bicyclic) bond motifs is 3. The summed E-state index contributed by atoms with van der Waals surface area (Å²) in [6.45, 7) is 8.67. The molecule has 0 aromatic carbocycles. The van der Waals surface area contributed by atoms with Crippen molar-refractivity contribution in [2.75, 3.05) is 13.1 Å². The minimum atomic E-state index is -0.292. The summed E-state index contributed by atoms with van der Waals surface area (Å²) >= 11 is 0. The van der Waals surface area contributed by atoms with E-state index < -0.39 is 0 Å². The predicted molar refractivity (Wildman–Crippen MR) is 86.6 cm³/mol. The number of rotatable bonds is 4. The molecule has 0 radical (unpaired) electrons. The lowest BCUT2D eigenvalue weighted by molar-refractivity contribution is -0.131. The van der Waals surface area contributed by atoms with Crippen LogP contribution >= 0.6 is 0 Å². The van der Waals surface area contributed by atoms with Gasteiger partial charge in [0.25, 0.3) is 5.56 Å². The number of hydrogen-bond acceptors (Lipinski definition) is 4. The van der Waals surface area contributed by atoms with E-state index in [1.807, 2.05) is 33.8 Å². The van der Waals surface area contributed by atoms with Crippen LogP contribution in [0.5, 0.6) is 0 Å². The molecule has 7 nitrogen and oxygen atoms in total. The minimum Gasteiger partial charge on any atom is -0.460 e. The highest BCUT2D eigenvalue weighted by Gasteiger charge is 2.17. The van der Waals surface area contributed by atoms with Crippen LogP contribution < -0.4 is 5.56 Å². The number of hydrogen-bond donors (Lipinski definition) is 0. The second-order valence-corrected chi connectivity index (χ2v) is 5.55. The smallest absolute Gasteiger partial charge is 0.291 e. The van der Waals surface area contributed by atoms with Gasteiger partial charge in [0.1, 0.15) is 23.6 Å². The fraction of sp³-hybridized carbons (Fsp3) is 0.438. The molecule has 3 heterocycles. The van der Waals surface area contributed by atoms with Gasteiger partial charge in [0.15, 0.2) is 5.58 Å². The number of likely N-dealkylation sites (N-methyl/N-ethyl adjacent to an activating group) is 1. The molecule has 1 amide bonds. The van der Waals surface area contributed by atoms with Crippen molar-refractivity contribution in [1.29, 1.82) is 0 Å². The summed E-state index contributed by atoms with van der Waals surface area (Å²) in [6, 6.07) is 3.58. The molecule has 3 aromatic rings. The second-order valence-electron chi connectivity index (χ2n) is 5.55. The molecule has 3 rings (SSSR count). The molecule has 0 bridgehead atoms. The lowest BCUT2D eigenvalue weighted by Crippen LogP contribution is -2.37. The van der Waals surface area contributed by atoms with Crippen molar-refractivity contribution in [3.05, 3.63) is 34.1 Å². The quantitative estimate of drug-likeness (QED) is 0.735. The molecule has 3 aromatic heterocycles. The van der Waals surface area contributed by atoms with Crippen molar-refractivity contribution >= 4 is 22.5 Å². The van der Waals surface area contributed by atoms with Gasteiger partial charge in [0.2, 0.25) is 5.91 Å². The zero-order valence-electron chi connectivity index (χ0n) is 13.8. The van der Waals surface area contributed by atoms with Crippen LogP contribution in [0.15, 0.2) is 21.3 Å². The van der Waals surface area contributed by atoms with Crippen LogP contribution in [0.1, 0.15) is 25.4 Å². The molecule has 0 fully saturated rings. The van der Waals surface area contributed by atoms with E-state index >= 15 is 0 Å². The maximum atomic E-state index is 12.6. The highest BCUT2D eigenvalue weighted by molar-refractivity contribution is 5.83. The lowest BCUT2D eigenvalue weighted by atomic mass is 10.4. The van der Waals surface area contributed by atoms with E-state index in [9.17, 15) is 9.59 Å². The highest BCUT2D eigenvalue weighted by Crippen LogP contribution is 2.22. The fourth-order valence-corrected chi connectivity index (χ4v) is 2.93. The molecule has 0 aliphatic heterocycles. The number of carbonyl (C=O) groups excluding carboxylic acids is 1. The van der Waals surface area contributed by atoms with Crippen molar-refractivity contribution in [1.82, 2.24) is 19.1 Å². The molecule has 122 valence electrons. The Morgan fingerprint density at radius 3 is 2.57 bits per heavy atom. The van der Waals surface area contributed by atoms with Gasteiger partial charge in [-0.25, -0.2) is 4.68 Å². The van der Waals surface area contributed by atoms with E-state index in [2.05, 4.69) is 5.10 Å². The summed E-state index contributed by atoms with van der Waals surface area (Å²) in [7, 11) is 0. The molecule has 23 heavy (non-hydrogen) atoms. The summed E-state index contributed by atoms with van der Waals surface area (Å²) in [5.74, 6) is 1.31. The largest absolute Gasteiger partial charge is 0.460 e. The first-order valence-electron chi connectivity index (χ1n) is 7.73. The van der Waals surface area contributed by atoms with E-state index in [1.54, 1.807) is 15.4 Å². The molecule has 0 atom stereocenters. The number of nitrogens with zero attached hydrogens (tertiary/aromatic N) is 4. The summed E-state index contributed by atoms with van der Waals surface area (Å²) in [6.07, 6.45) is 0. The minimum absolute atomic E-state index is 0.0522. The van der Waals surface area contributed by atoms with Crippen LogP contribution in [-0.2, 0) is 11.3 Å². The topological polar surface area (TPSA) is 72.8 Å². The molecule has 0 aliphatic carbocycles. The number of carbonyl (C=O) groups is 1. The van der Waals surface area contributed by atoms with Crippen molar-refractivity contribution in [3.8, 4) is 0 Å². The first-order chi connectivity index (χ1) is 11.0. The normalized spacial score (nSPS) is 11.5. The van der Waals surface area contributed by atoms with Crippen molar-refractivity contribution in [2.45, 2.75) is 34.2 Å². The van der Waals surface area contributed by atoms with Gasteiger partial charge in [-0.1, -0.05) is 0 Å². The average molecular weight is 316 g/mol. The van der Waals surface area contributed by atoms with Gasteiger partial charge >= 0.3 is 0 Å². The molecule has 0 saturated heterocycles. The lowest BCUT2D eigenvalue weighted by Gasteiger charge is -2.18. The Kier molecular flexibility index (Phi) is 3.71. The molecular formula is C16H20N4O3. The van der Waals surface area contributed by atoms with E-state index in [-0.39, 0.29) is 18.0 Å². The SMILES string of the molecule is CCN(CC)C(=O)Cn1nc(C)n2c(cc3oc(C)cc32)c1=O. The fourth-order valence-electron chi connectivity index (χ4n) is 2.93. The van der Waals surface area contributed by atoms with Gasteiger partial charge in [-0.2, -0.15) is 5.10 Å². The molecule has 0 aliphatic rings. The Morgan fingerprint density at radius 2 is 1.91 bits per heavy atom. The van der Waals surface area contributed by atoms with Gasteiger partial charge in [-0.3, -0.25) is 14.0 Å². The Morgan fingerprint density at radius 1 is 1.22 bits per heavy atom. The van der Waals surface area contributed by atoms with E-state index in [4.69, 9.17) is 4.42 Å². The molecule has 0 N–H and O–H groups in total. The molecule has 0 spiro atoms. The monoisotopic (exact) mass is 316 g/mol. The molecule has 0 unspecified atom stereocenters. The van der Waals surface area contributed by atoms with Gasteiger partial charge in [0, 0.05) is 25.2 Å². The van der Waals surface area contributed by atoms with Crippen LogP contribution in [0.2, 0.25) is 0 Å². The Labute approximate surface area is 133 Å². The standard InChI is InChI=1S/C16H20N4O3/c1-5-18(6-2)15(21)9-19-16(22)13-8-14-12(7-10(3)23-14)20(13)11(4)17-19/h7-8H,5-6,9H2,1-4H3. The van der Waals surface area contributed by atoms with Crippen LogP contribution in [0, 0.1) is 13.8 Å². The summed E-state index contributed by atoms with van der Waals surface area (Å²) in [5, 5.41) is 4.30. The van der Waals surface area contributed by atoms with Crippen LogP contribution in [0.3, 0.4) is 0 Å². The second kappa shape index (κ2) is 5.57. The van der Waals surface area contributed by atoms with E-state index in [1.165, 1.54) is 4.68 Å². The highest BCUT2D eigenvalue weighted by atomic mass is 16.3. The maximum absolute atomic E-state index is 12.6. The predicted octanol–water partition coefficient (Wildman–Crippen LogP) is 1.73. The average Bonchev–Trinajstić information content (AvgIpc) is 3.01. The number of furan rings is 1. The Bertz CT molecular complexity index is 944. The number of aromatic nitrogens is 3. The number of amides is 1. The summed E-state index contributed by atoms with van der Waals surface area (Å²) < 4.78 is 8.59. The van der Waals surface area contributed by atoms with Crippen LogP contribution in [0.4, 0.5) is 0 Å². The summed E-state index contributed by atoms with van der Waals surface area (Å²) in [5.41, 5.74) is 1.65. The van der Waals surface area contributed by atoms with Crippen molar-refractivity contribution in [2.24, 2.45) is 0 Å². The van der Waals surface area contributed by atoms with E-state index in [0.29, 0.717) is 30.0 Å². The van der Waals surface area contributed by atoms with Crippen molar-refractivity contribution in [3.63, 3.8) is 0 Å². The molecule has 7 heteroatoms. The van der Waals surface area contributed by atoms with Gasteiger partial charge < -0.3 is 9.32 Å². The Hall–Kier alpha value is -2.57.